The van der Waals surface area contributed by atoms with Gasteiger partial charge in [0.15, 0.2) is 12.6 Å². The molecule has 0 spiro atoms. The molecule has 0 bridgehead atoms. The summed E-state index contributed by atoms with van der Waals surface area (Å²) in [6.07, 6.45) is -27.0. The summed E-state index contributed by atoms with van der Waals surface area (Å²) < 4.78 is 26.7. The SMILES string of the molecule is CC(=O)N[C@H]1[C@H]([C@H](O)[C@H](O)CO)O[C@@](OC[C@H]2O[C@@H](O[C@H]3[C@H](O)[C@@H](O)[C@H](O)O[C@@H]3CO)[C@H](O)[C@@H](O)[C@H]2O)(C(=O)O)C[C@@H]1O.NC(CO)(CO)CO. The summed E-state index contributed by atoms with van der Waals surface area (Å²) >= 11 is 0. The standard InChI is InChI=1S/C23H39NO19.C4H11NO3/c1-6(27)24-11-7(28)2-23(22(37)38,43-19(11)12(30)8(29)3-25)39-5-10-13(31)14(32)17(35)21(41-10)42-18-9(4-26)40-20(36)16(34)15(18)33;5-4(1-6,2-7)3-8/h7-21,25-26,28-36H,2-5H2,1H3,(H,24,27)(H,37,38);6-8H,1-3,5H2/t7-,8+,9+,10+,11+,12+,13-,14-,15+,16+,17+,18+,19+,20+,21-,23+;/m0./s1. The van der Waals surface area contributed by atoms with Crippen molar-refractivity contribution in [3.05, 3.63) is 0 Å². The average molecular weight is 755 g/mol. The monoisotopic (exact) mass is 754 g/mol. The molecule has 0 saturated carbocycles. The molecule has 0 aromatic heterocycles. The first-order valence-electron chi connectivity index (χ1n) is 15.5. The van der Waals surface area contributed by atoms with Crippen LogP contribution >= 0.6 is 0 Å². The lowest BCUT2D eigenvalue weighted by Gasteiger charge is -2.48. The van der Waals surface area contributed by atoms with Crippen LogP contribution in [0.4, 0.5) is 0 Å². The van der Waals surface area contributed by atoms with Gasteiger partial charge in [-0.25, -0.2) is 4.79 Å². The highest BCUT2D eigenvalue weighted by atomic mass is 16.8. The summed E-state index contributed by atoms with van der Waals surface area (Å²) in [6, 6.07) is -1.48. The lowest BCUT2D eigenvalue weighted by Crippen LogP contribution is -2.68. The number of amides is 1. The average Bonchev–Trinajstić information content (AvgIpc) is 3.11. The summed E-state index contributed by atoms with van der Waals surface area (Å²) in [5, 5.41) is 148. The van der Waals surface area contributed by atoms with Crippen LogP contribution in [0.1, 0.15) is 13.3 Å². The van der Waals surface area contributed by atoms with Crippen LogP contribution in [0, 0.1) is 0 Å². The Morgan fingerprint density at radius 1 is 0.882 bits per heavy atom. The number of aliphatic hydroxyl groups excluding tert-OH is 14. The number of hydrogen-bond acceptors (Lipinski definition) is 22. The Labute approximate surface area is 289 Å². The molecule has 3 rings (SSSR count). The molecule has 0 aromatic rings. The Hall–Kier alpha value is -1.86. The van der Waals surface area contributed by atoms with E-state index in [0.717, 1.165) is 6.92 Å². The van der Waals surface area contributed by atoms with Gasteiger partial charge in [0.05, 0.1) is 57.3 Å². The summed E-state index contributed by atoms with van der Waals surface area (Å²) in [7, 11) is 0. The van der Waals surface area contributed by atoms with Crippen molar-refractivity contribution in [3.8, 4) is 0 Å². The van der Waals surface area contributed by atoms with Gasteiger partial charge >= 0.3 is 5.97 Å². The number of nitrogens with one attached hydrogen (secondary N) is 1. The molecule has 0 aromatic carbocycles. The molecule has 1 amide bonds. The summed E-state index contributed by atoms with van der Waals surface area (Å²) in [5.41, 5.74) is 3.94. The van der Waals surface area contributed by atoms with Gasteiger partial charge in [-0.2, -0.15) is 0 Å². The van der Waals surface area contributed by atoms with Crippen molar-refractivity contribution in [2.75, 3.05) is 39.6 Å². The van der Waals surface area contributed by atoms with Crippen LogP contribution in [0.3, 0.4) is 0 Å². The first-order chi connectivity index (χ1) is 23.8. The first-order valence-corrected chi connectivity index (χ1v) is 15.5. The molecule has 0 radical (unpaired) electrons. The number of aliphatic hydroxyl groups is 14. The van der Waals surface area contributed by atoms with Crippen LogP contribution in [-0.2, 0) is 33.3 Å². The van der Waals surface area contributed by atoms with Crippen molar-refractivity contribution in [1.82, 2.24) is 5.32 Å². The predicted octanol–water partition coefficient (Wildman–Crippen LogP) is -10.6. The van der Waals surface area contributed by atoms with Crippen LogP contribution in [-0.4, -0.2) is 231 Å². The quantitative estimate of drug-likeness (QED) is 0.0782. The van der Waals surface area contributed by atoms with E-state index < -0.39 is 161 Å². The summed E-state index contributed by atoms with van der Waals surface area (Å²) in [4.78, 5) is 24.0. The number of carboxylic acids is 1. The maximum atomic E-state index is 12.3. The van der Waals surface area contributed by atoms with E-state index in [-0.39, 0.29) is 0 Å². The van der Waals surface area contributed by atoms with Gasteiger partial charge in [0, 0.05) is 13.3 Å². The lowest BCUT2D eigenvalue weighted by atomic mass is 9.88. The predicted molar refractivity (Wildman–Crippen MR) is 158 cm³/mol. The molecule has 51 heavy (non-hydrogen) atoms. The van der Waals surface area contributed by atoms with E-state index in [9.17, 15) is 70.9 Å². The Balaban J connectivity index is 0.00000100. The van der Waals surface area contributed by atoms with Crippen molar-refractivity contribution in [1.29, 1.82) is 0 Å². The fourth-order valence-electron chi connectivity index (χ4n) is 5.20. The molecule has 3 aliphatic rings. The number of carboxylic acid groups (broad SMARTS) is 1. The van der Waals surface area contributed by atoms with E-state index in [1.54, 1.807) is 0 Å². The van der Waals surface area contributed by atoms with E-state index in [0.29, 0.717) is 0 Å². The second kappa shape index (κ2) is 19.5. The van der Waals surface area contributed by atoms with E-state index in [4.69, 9.17) is 44.7 Å². The van der Waals surface area contributed by atoms with Gasteiger partial charge in [-0.15, -0.1) is 0 Å². The number of rotatable bonds is 14. The smallest absolute Gasteiger partial charge is 0.364 e. The highest BCUT2D eigenvalue weighted by Gasteiger charge is 2.57. The van der Waals surface area contributed by atoms with Crippen LogP contribution < -0.4 is 11.1 Å². The van der Waals surface area contributed by atoms with Crippen molar-refractivity contribution in [2.24, 2.45) is 5.73 Å². The minimum atomic E-state index is -2.83. The zero-order valence-electron chi connectivity index (χ0n) is 27.3. The van der Waals surface area contributed by atoms with Gasteiger partial charge < -0.3 is 111 Å². The Morgan fingerprint density at radius 2 is 1.47 bits per heavy atom. The number of nitrogens with two attached hydrogens (primary N) is 1. The lowest BCUT2D eigenvalue weighted by molar-refractivity contribution is -0.364. The number of ether oxygens (including phenoxy) is 5. The third-order valence-corrected chi connectivity index (χ3v) is 8.41. The second-order valence-corrected chi connectivity index (χ2v) is 12.4. The number of aliphatic carboxylic acids is 1. The van der Waals surface area contributed by atoms with E-state index in [1.165, 1.54) is 0 Å². The summed E-state index contributed by atoms with van der Waals surface area (Å²) in [5.74, 6) is -5.42. The number of carbonyl (C=O) groups excluding carboxylic acids is 1. The molecule has 0 unspecified atom stereocenters. The third-order valence-electron chi connectivity index (χ3n) is 8.41. The van der Waals surface area contributed by atoms with Crippen molar-refractivity contribution in [3.63, 3.8) is 0 Å². The molecule has 3 aliphatic heterocycles. The van der Waals surface area contributed by atoms with E-state index in [2.05, 4.69) is 5.32 Å². The second-order valence-electron chi connectivity index (χ2n) is 12.4. The number of hydrogen-bond donors (Lipinski definition) is 17. The molecule has 24 heteroatoms. The van der Waals surface area contributed by atoms with Gasteiger partial charge in [-0.05, 0) is 0 Å². The maximum absolute atomic E-state index is 12.3. The highest BCUT2D eigenvalue weighted by molar-refractivity contribution is 5.76. The maximum Gasteiger partial charge on any atom is 0.364 e. The molecule has 24 nitrogen and oxygen atoms in total. The molecule has 3 heterocycles. The molecule has 3 fully saturated rings. The first kappa shape index (κ1) is 45.3. The molecule has 300 valence electrons. The molecule has 3 saturated heterocycles. The van der Waals surface area contributed by atoms with Gasteiger partial charge in [0.25, 0.3) is 5.79 Å². The topological polar surface area (TPSA) is 422 Å². The fourth-order valence-corrected chi connectivity index (χ4v) is 5.20. The van der Waals surface area contributed by atoms with Gasteiger partial charge in [0.1, 0.15) is 67.1 Å². The Morgan fingerprint density at radius 3 is 1.94 bits per heavy atom. The largest absolute Gasteiger partial charge is 0.477 e. The minimum absolute atomic E-state index is 0.403. The molecular formula is C27H50N2O22. The molecule has 0 aliphatic carbocycles. The van der Waals surface area contributed by atoms with Crippen molar-refractivity contribution >= 4 is 11.9 Å². The minimum Gasteiger partial charge on any atom is -0.477 e. The van der Waals surface area contributed by atoms with Crippen LogP contribution in [0.2, 0.25) is 0 Å². The van der Waals surface area contributed by atoms with Crippen molar-refractivity contribution in [2.45, 2.75) is 117 Å². The molecule has 18 N–H and O–H groups in total. The van der Waals surface area contributed by atoms with Gasteiger partial charge in [-0.1, -0.05) is 0 Å². The zero-order chi connectivity index (χ0) is 39.0. The highest BCUT2D eigenvalue weighted by Crippen LogP contribution is 2.35. The molecule has 16 atom stereocenters. The van der Waals surface area contributed by atoms with Crippen LogP contribution in [0.15, 0.2) is 0 Å². The van der Waals surface area contributed by atoms with Gasteiger partial charge in [-0.3, -0.25) is 4.79 Å². The summed E-state index contributed by atoms with van der Waals surface area (Å²) in [6.45, 7) is -2.97. The van der Waals surface area contributed by atoms with Crippen LogP contribution in [0.25, 0.3) is 0 Å². The fraction of sp³-hybridized carbons (Fsp3) is 0.926. The van der Waals surface area contributed by atoms with Crippen molar-refractivity contribution < 1.29 is 110 Å². The van der Waals surface area contributed by atoms with Gasteiger partial charge in [0.2, 0.25) is 5.91 Å². The third kappa shape index (κ3) is 10.9. The van der Waals surface area contributed by atoms with E-state index in [1.807, 2.05) is 0 Å². The number of carbonyl (C=O) groups is 2. The Bertz CT molecular complexity index is 1080. The normalized spacial score (nSPS) is 40.0. The zero-order valence-corrected chi connectivity index (χ0v) is 27.3. The Kier molecular flexibility index (Phi) is 17.3. The molecular weight excluding hydrogens is 704 g/mol. The van der Waals surface area contributed by atoms with Crippen LogP contribution in [0.5, 0.6) is 0 Å². The van der Waals surface area contributed by atoms with E-state index >= 15 is 0 Å².